The molecule has 1 aromatic heterocycles. The summed E-state index contributed by atoms with van der Waals surface area (Å²) < 4.78 is 0. The fourth-order valence-corrected chi connectivity index (χ4v) is 2.92. The zero-order chi connectivity index (χ0) is 15.3. The molecule has 1 saturated heterocycles. The second-order valence-corrected chi connectivity index (χ2v) is 6.43. The van der Waals surface area contributed by atoms with E-state index in [2.05, 4.69) is 41.0 Å². The van der Waals surface area contributed by atoms with E-state index in [1.807, 2.05) is 6.07 Å². The minimum atomic E-state index is -0.106. The van der Waals surface area contributed by atoms with Crippen LogP contribution in [-0.4, -0.2) is 34.5 Å². The lowest BCUT2D eigenvalue weighted by molar-refractivity contribution is -0.127. The van der Waals surface area contributed by atoms with Crippen LogP contribution in [0.1, 0.15) is 46.5 Å². The maximum Gasteiger partial charge on any atom is 0.225 e. The van der Waals surface area contributed by atoms with Gasteiger partial charge < -0.3 is 10.2 Å². The van der Waals surface area contributed by atoms with E-state index in [1.165, 1.54) is 0 Å². The van der Waals surface area contributed by atoms with Gasteiger partial charge in [-0.1, -0.05) is 13.3 Å². The fourth-order valence-electron chi connectivity index (χ4n) is 2.92. The van der Waals surface area contributed by atoms with Gasteiger partial charge in [-0.25, -0.2) is 9.97 Å². The summed E-state index contributed by atoms with van der Waals surface area (Å²) in [7, 11) is 0. The average molecular weight is 290 g/mol. The van der Waals surface area contributed by atoms with Gasteiger partial charge in [0.15, 0.2) is 0 Å². The Balaban J connectivity index is 1.85. The number of aromatic nitrogens is 2. The molecule has 0 spiro atoms. The van der Waals surface area contributed by atoms with Gasteiger partial charge in [0.05, 0.1) is 0 Å². The van der Waals surface area contributed by atoms with Crippen LogP contribution in [0.25, 0.3) is 0 Å². The third kappa shape index (κ3) is 4.41. The van der Waals surface area contributed by atoms with Crippen molar-refractivity contribution in [3.05, 3.63) is 18.5 Å². The number of hydrogen-bond acceptors (Lipinski definition) is 4. The van der Waals surface area contributed by atoms with Crippen molar-refractivity contribution in [3.8, 4) is 0 Å². The summed E-state index contributed by atoms with van der Waals surface area (Å²) in [6.45, 7) is 8.03. The highest BCUT2D eigenvalue weighted by molar-refractivity contribution is 5.79. The number of rotatable bonds is 5. The number of piperidine rings is 1. The Morgan fingerprint density at radius 2 is 1.95 bits per heavy atom. The predicted octanol–water partition coefficient (Wildman–Crippen LogP) is 2.39. The smallest absolute Gasteiger partial charge is 0.225 e. The second-order valence-electron chi connectivity index (χ2n) is 6.43. The second kappa shape index (κ2) is 6.87. The normalized spacial score (nSPS) is 16.8. The van der Waals surface area contributed by atoms with Crippen LogP contribution in [0.5, 0.6) is 0 Å². The van der Waals surface area contributed by atoms with Crippen molar-refractivity contribution in [3.63, 3.8) is 0 Å². The first-order valence-electron chi connectivity index (χ1n) is 7.86. The standard InChI is InChI=1S/C16H26N4O/c1-4-8-16(2,3)19-14(21)13-6-11-20(12-7-13)15-17-9-5-10-18-15/h5,9-10,13H,4,6-8,11-12H2,1-3H3,(H,19,21). The molecule has 0 unspecified atom stereocenters. The van der Waals surface area contributed by atoms with Gasteiger partial charge in [-0.05, 0) is 39.2 Å². The summed E-state index contributed by atoms with van der Waals surface area (Å²) >= 11 is 0. The van der Waals surface area contributed by atoms with Crippen LogP contribution in [-0.2, 0) is 4.79 Å². The Hall–Kier alpha value is -1.65. The van der Waals surface area contributed by atoms with E-state index in [0.717, 1.165) is 44.7 Å². The van der Waals surface area contributed by atoms with Crippen molar-refractivity contribution in [1.29, 1.82) is 0 Å². The minimum absolute atomic E-state index is 0.106. The van der Waals surface area contributed by atoms with Crippen LogP contribution < -0.4 is 10.2 Å². The van der Waals surface area contributed by atoms with Gasteiger partial charge in [0, 0.05) is 36.9 Å². The maximum absolute atomic E-state index is 12.4. The summed E-state index contributed by atoms with van der Waals surface area (Å²) in [5.41, 5.74) is -0.106. The molecule has 0 radical (unpaired) electrons. The Morgan fingerprint density at radius 1 is 1.33 bits per heavy atom. The average Bonchev–Trinajstić information content (AvgIpc) is 2.48. The highest BCUT2D eigenvalue weighted by Gasteiger charge is 2.29. The van der Waals surface area contributed by atoms with E-state index in [0.29, 0.717) is 0 Å². The predicted molar refractivity (Wildman–Crippen MR) is 84.1 cm³/mol. The third-order valence-electron chi connectivity index (χ3n) is 4.04. The number of hydrogen-bond donors (Lipinski definition) is 1. The molecule has 0 atom stereocenters. The molecule has 1 aliphatic rings. The van der Waals surface area contributed by atoms with Crippen LogP contribution in [0.4, 0.5) is 5.95 Å². The summed E-state index contributed by atoms with van der Waals surface area (Å²) in [5.74, 6) is 1.07. The lowest BCUT2D eigenvalue weighted by atomic mass is 9.93. The lowest BCUT2D eigenvalue weighted by Crippen LogP contribution is -2.48. The molecule has 5 heteroatoms. The molecule has 5 nitrogen and oxygen atoms in total. The van der Waals surface area contributed by atoms with Crippen molar-refractivity contribution in [1.82, 2.24) is 15.3 Å². The van der Waals surface area contributed by atoms with Gasteiger partial charge in [0.25, 0.3) is 0 Å². The Labute approximate surface area is 127 Å². The number of nitrogens with zero attached hydrogens (tertiary/aromatic N) is 3. The van der Waals surface area contributed by atoms with Gasteiger partial charge in [-0.3, -0.25) is 4.79 Å². The van der Waals surface area contributed by atoms with E-state index in [1.54, 1.807) is 12.4 Å². The van der Waals surface area contributed by atoms with Crippen LogP contribution in [0.2, 0.25) is 0 Å². The molecule has 1 amide bonds. The third-order valence-corrected chi connectivity index (χ3v) is 4.04. The van der Waals surface area contributed by atoms with E-state index < -0.39 is 0 Å². The van der Waals surface area contributed by atoms with E-state index >= 15 is 0 Å². The van der Waals surface area contributed by atoms with Gasteiger partial charge in [0.2, 0.25) is 11.9 Å². The molecule has 2 rings (SSSR count). The zero-order valence-corrected chi connectivity index (χ0v) is 13.3. The topological polar surface area (TPSA) is 58.1 Å². The molecular formula is C16H26N4O. The SMILES string of the molecule is CCCC(C)(C)NC(=O)C1CCN(c2ncccn2)CC1. The van der Waals surface area contributed by atoms with Crippen molar-refractivity contribution < 1.29 is 4.79 Å². The van der Waals surface area contributed by atoms with Crippen LogP contribution >= 0.6 is 0 Å². The van der Waals surface area contributed by atoms with Gasteiger partial charge in [-0.15, -0.1) is 0 Å². The first-order chi connectivity index (χ1) is 10.0. The van der Waals surface area contributed by atoms with Crippen LogP contribution in [0.3, 0.4) is 0 Å². The molecule has 0 bridgehead atoms. The molecule has 0 saturated carbocycles. The number of carbonyl (C=O) groups excluding carboxylic acids is 1. The highest BCUT2D eigenvalue weighted by atomic mass is 16.2. The molecule has 1 N–H and O–H groups in total. The molecule has 1 fully saturated rings. The zero-order valence-electron chi connectivity index (χ0n) is 13.3. The summed E-state index contributed by atoms with van der Waals surface area (Å²) in [6.07, 6.45) is 7.34. The molecule has 116 valence electrons. The molecular weight excluding hydrogens is 264 g/mol. The first-order valence-corrected chi connectivity index (χ1v) is 7.86. The van der Waals surface area contributed by atoms with Crippen LogP contribution in [0.15, 0.2) is 18.5 Å². The first kappa shape index (κ1) is 15.7. The van der Waals surface area contributed by atoms with Crippen LogP contribution in [0, 0.1) is 5.92 Å². The minimum Gasteiger partial charge on any atom is -0.351 e. The van der Waals surface area contributed by atoms with E-state index in [4.69, 9.17) is 0 Å². The fraction of sp³-hybridized carbons (Fsp3) is 0.688. The van der Waals surface area contributed by atoms with Crippen molar-refractivity contribution in [2.75, 3.05) is 18.0 Å². The molecule has 2 heterocycles. The summed E-state index contributed by atoms with van der Waals surface area (Å²) in [6, 6.07) is 1.82. The molecule has 0 aliphatic carbocycles. The Kier molecular flexibility index (Phi) is 5.15. The van der Waals surface area contributed by atoms with Crippen molar-refractivity contribution in [2.45, 2.75) is 52.0 Å². The van der Waals surface area contributed by atoms with Gasteiger partial charge in [0.1, 0.15) is 0 Å². The van der Waals surface area contributed by atoms with E-state index in [-0.39, 0.29) is 17.4 Å². The summed E-state index contributed by atoms with van der Waals surface area (Å²) in [4.78, 5) is 23.1. The van der Waals surface area contributed by atoms with Gasteiger partial charge >= 0.3 is 0 Å². The number of nitrogens with one attached hydrogen (secondary N) is 1. The Bertz CT molecular complexity index is 453. The molecule has 21 heavy (non-hydrogen) atoms. The van der Waals surface area contributed by atoms with Crippen molar-refractivity contribution >= 4 is 11.9 Å². The largest absolute Gasteiger partial charge is 0.351 e. The van der Waals surface area contributed by atoms with E-state index in [9.17, 15) is 4.79 Å². The summed E-state index contributed by atoms with van der Waals surface area (Å²) in [5, 5.41) is 3.19. The molecule has 1 aliphatic heterocycles. The maximum atomic E-state index is 12.4. The quantitative estimate of drug-likeness (QED) is 0.904. The van der Waals surface area contributed by atoms with Gasteiger partial charge in [-0.2, -0.15) is 0 Å². The monoisotopic (exact) mass is 290 g/mol. The Morgan fingerprint density at radius 3 is 2.52 bits per heavy atom. The number of carbonyl (C=O) groups is 1. The molecule has 1 aromatic rings. The lowest BCUT2D eigenvalue weighted by Gasteiger charge is -2.34. The number of amides is 1. The van der Waals surface area contributed by atoms with Crippen molar-refractivity contribution in [2.24, 2.45) is 5.92 Å². The number of anilines is 1. The highest BCUT2D eigenvalue weighted by Crippen LogP contribution is 2.22. The molecule has 0 aromatic carbocycles.